The van der Waals surface area contributed by atoms with Gasteiger partial charge >= 0.3 is 0 Å². The highest BCUT2D eigenvalue weighted by Crippen LogP contribution is 2.09. The molecule has 1 unspecified atom stereocenters. The van der Waals surface area contributed by atoms with Crippen molar-refractivity contribution in [2.45, 2.75) is 31.7 Å². The molecule has 1 heterocycles. The van der Waals surface area contributed by atoms with Crippen molar-refractivity contribution in [3.05, 3.63) is 0 Å². The van der Waals surface area contributed by atoms with Crippen molar-refractivity contribution in [1.29, 1.82) is 0 Å². The Bertz CT molecular complexity index is 119. The first-order valence-electron chi connectivity index (χ1n) is 4.91. The summed E-state index contributed by atoms with van der Waals surface area (Å²) in [6, 6.07) is 0.410. The quantitative estimate of drug-likeness (QED) is 0.650. The molecule has 0 saturated carbocycles. The zero-order chi connectivity index (χ0) is 8.81. The maximum atomic E-state index is 5.94. The SMILES string of the molecule is NC1CCCCN(CCCS)C1. The van der Waals surface area contributed by atoms with E-state index in [1.807, 2.05) is 0 Å². The first kappa shape index (κ1) is 10.4. The van der Waals surface area contributed by atoms with Gasteiger partial charge in [-0.15, -0.1) is 0 Å². The Labute approximate surface area is 80.9 Å². The highest BCUT2D eigenvalue weighted by atomic mass is 32.1. The molecule has 0 aromatic rings. The number of nitrogens with two attached hydrogens (primary N) is 1. The van der Waals surface area contributed by atoms with Gasteiger partial charge in [0.15, 0.2) is 0 Å². The van der Waals surface area contributed by atoms with Crippen LogP contribution in [0.5, 0.6) is 0 Å². The van der Waals surface area contributed by atoms with Crippen molar-refractivity contribution in [2.75, 3.05) is 25.4 Å². The van der Waals surface area contributed by atoms with Crippen LogP contribution in [0.1, 0.15) is 25.7 Å². The second-order valence-corrected chi connectivity index (χ2v) is 4.08. The van der Waals surface area contributed by atoms with Gasteiger partial charge in [0, 0.05) is 12.6 Å². The number of rotatable bonds is 3. The fraction of sp³-hybridized carbons (Fsp3) is 1.00. The summed E-state index contributed by atoms with van der Waals surface area (Å²) in [7, 11) is 0. The monoisotopic (exact) mass is 188 g/mol. The normalized spacial score (nSPS) is 27.0. The average Bonchev–Trinajstić information content (AvgIpc) is 2.26. The minimum Gasteiger partial charge on any atom is -0.327 e. The third-order valence-electron chi connectivity index (χ3n) is 2.42. The van der Waals surface area contributed by atoms with E-state index in [1.165, 1.54) is 38.8 Å². The van der Waals surface area contributed by atoms with Gasteiger partial charge in [-0.3, -0.25) is 0 Å². The zero-order valence-electron chi connectivity index (χ0n) is 7.71. The molecule has 12 heavy (non-hydrogen) atoms. The van der Waals surface area contributed by atoms with E-state index in [1.54, 1.807) is 0 Å². The van der Waals surface area contributed by atoms with Gasteiger partial charge in [0.05, 0.1) is 0 Å². The van der Waals surface area contributed by atoms with Gasteiger partial charge in [0.2, 0.25) is 0 Å². The van der Waals surface area contributed by atoms with Gasteiger partial charge in [0.25, 0.3) is 0 Å². The summed E-state index contributed by atoms with van der Waals surface area (Å²) < 4.78 is 0. The molecule has 1 aliphatic heterocycles. The van der Waals surface area contributed by atoms with E-state index >= 15 is 0 Å². The summed E-state index contributed by atoms with van der Waals surface area (Å²) in [5.41, 5.74) is 5.94. The first-order valence-corrected chi connectivity index (χ1v) is 5.55. The molecule has 2 nitrogen and oxygen atoms in total. The molecule has 0 aliphatic carbocycles. The molecule has 1 fully saturated rings. The van der Waals surface area contributed by atoms with E-state index in [0.29, 0.717) is 6.04 Å². The lowest BCUT2D eigenvalue weighted by atomic mass is 10.2. The predicted octanol–water partition coefficient (Wildman–Crippen LogP) is 1.12. The van der Waals surface area contributed by atoms with Crippen LogP contribution in [0.2, 0.25) is 0 Å². The number of hydrogen-bond acceptors (Lipinski definition) is 3. The van der Waals surface area contributed by atoms with Crippen LogP contribution in [0.15, 0.2) is 0 Å². The fourth-order valence-electron chi connectivity index (χ4n) is 1.75. The third kappa shape index (κ3) is 3.78. The standard InChI is InChI=1S/C9H20N2S/c10-9-4-1-2-5-11(8-9)6-3-7-12/h9,12H,1-8,10H2. The second-order valence-electron chi connectivity index (χ2n) is 3.63. The molecule has 0 bridgehead atoms. The summed E-state index contributed by atoms with van der Waals surface area (Å²) in [4.78, 5) is 2.48. The maximum absolute atomic E-state index is 5.94. The Morgan fingerprint density at radius 1 is 1.42 bits per heavy atom. The minimum atomic E-state index is 0.410. The van der Waals surface area contributed by atoms with Crippen LogP contribution in [-0.4, -0.2) is 36.3 Å². The zero-order valence-corrected chi connectivity index (χ0v) is 8.60. The van der Waals surface area contributed by atoms with E-state index in [4.69, 9.17) is 5.73 Å². The van der Waals surface area contributed by atoms with E-state index < -0.39 is 0 Å². The van der Waals surface area contributed by atoms with Crippen LogP contribution in [0, 0.1) is 0 Å². The molecular weight excluding hydrogens is 168 g/mol. The van der Waals surface area contributed by atoms with Gasteiger partial charge in [-0.1, -0.05) is 6.42 Å². The van der Waals surface area contributed by atoms with Gasteiger partial charge in [-0.25, -0.2) is 0 Å². The molecule has 0 radical (unpaired) electrons. The number of thiol groups is 1. The van der Waals surface area contributed by atoms with Crippen molar-refractivity contribution in [3.63, 3.8) is 0 Å². The average molecular weight is 188 g/mol. The highest BCUT2D eigenvalue weighted by molar-refractivity contribution is 7.80. The van der Waals surface area contributed by atoms with Crippen LogP contribution in [0.3, 0.4) is 0 Å². The van der Waals surface area contributed by atoms with Crippen LogP contribution in [0.25, 0.3) is 0 Å². The molecule has 0 spiro atoms. The Hall–Kier alpha value is 0.270. The van der Waals surface area contributed by atoms with Crippen LogP contribution >= 0.6 is 12.6 Å². The van der Waals surface area contributed by atoms with Gasteiger partial charge in [0.1, 0.15) is 0 Å². The molecule has 1 aliphatic rings. The smallest absolute Gasteiger partial charge is 0.0167 e. The molecule has 2 N–H and O–H groups in total. The van der Waals surface area contributed by atoms with Crippen molar-refractivity contribution >= 4 is 12.6 Å². The molecule has 1 atom stereocenters. The lowest BCUT2D eigenvalue weighted by molar-refractivity contribution is 0.274. The Balaban J connectivity index is 2.21. The predicted molar refractivity (Wildman–Crippen MR) is 56.7 cm³/mol. The molecule has 1 saturated heterocycles. The third-order valence-corrected chi connectivity index (χ3v) is 2.74. The summed E-state index contributed by atoms with van der Waals surface area (Å²) in [6.07, 6.45) is 5.02. The summed E-state index contributed by atoms with van der Waals surface area (Å²) in [5.74, 6) is 0.992. The van der Waals surface area contributed by atoms with Crippen LogP contribution in [-0.2, 0) is 0 Å². The Morgan fingerprint density at radius 2 is 2.25 bits per heavy atom. The lowest BCUT2D eigenvalue weighted by Gasteiger charge is -2.21. The molecule has 1 rings (SSSR count). The lowest BCUT2D eigenvalue weighted by Crippen LogP contribution is -2.36. The number of hydrogen-bond donors (Lipinski definition) is 2. The summed E-state index contributed by atoms with van der Waals surface area (Å²) >= 11 is 4.21. The van der Waals surface area contributed by atoms with Gasteiger partial charge in [-0.2, -0.15) is 12.6 Å². The van der Waals surface area contributed by atoms with Crippen molar-refractivity contribution in [1.82, 2.24) is 4.90 Å². The summed E-state index contributed by atoms with van der Waals surface area (Å²) in [5, 5.41) is 0. The molecule has 0 aromatic carbocycles. The Morgan fingerprint density at radius 3 is 3.00 bits per heavy atom. The van der Waals surface area contributed by atoms with Crippen molar-refractivity contribution in [2.24, 2.45) is 5.73 Å². The van der Waals surface area contributed by atoms with Crippen LogP contribution < -0.4 is 5.73 Å². The van der Waals surface area contributed by atoms with Gasteiger partial charge < -0.3 is 10.6 Å². The first-order chi connectivity index (χ1) is 5.83. The Kier molecular flexibility index (Phi) is 5.04. The number of nitrogens with zero attached hydrogens (tertiary/aromatic N) is 1. The largest absolute Gasteiger partial charge is 0.327 e. The molecule has 72 valence electrons. The summed E-state index contributed by atoms with van der Waals surface area (Å²) in [6.45, 7) is 3.51. The topological polar surface area (TPSA) is 29.3 Å². The van der Waals surface area contributed by atoms with E-state index in [9.17, 15) is 0 Å². The van der Waals surface area contributed by atoms with E-state index in [-0.39, 0.29) is 0 Å². The minimum absolute atomic E-state index is 0.410. The molecular formula is C9H20N2S. The highest BCUT2D eigenvalue weighted by Gasteiger charge is 2.13. The molecule has 0 amide bonds. The van der Waals surface area contributed by atoms with Gasteiger partial charge in [-0.05, 0) is 38.1 Å². The second kappa shape index (κ2) is 5.84. The van der Waals surface area contributed by atoms with E-state index in [0.717, 1.165) is 12.3 Å². The van der Waals surface area contributed by atoms with Crippen molar-refractivity contribution < 1.29 is 0 Å². The maximum Gasteiger partial charge on any atom is 0.0167 e. The van der Waals surface area contributed by atoms with E-state index in [2.05, 4.69) is 17.5 Å². The molecule has 3 heteroatoms. The fourth-order valence-corrected chi connectivity index (χ4v) is 1.89. The van der Waals surface area contributed by atoms with Crippen LogP contribution in [0.4, 0.5) is 0 Å². The van der Waals surface area contributed by atoms with Crippen molar-refractivity contribution in [3.8, 4) is 0 Å². The number of likely N-dealkylation sites (tertiary alicyclic amines) is 1. The molecule has 0 aromatic heterocycles.